The Morgan fingerprint density at radius 2 is 1.32 bits per heavy atom. The average Bonchev–Trinajstić information content (AvgIpc) is 2.88. The number of rotatable bonds is 11. The van der Waals surface area contributed by atoms with Crippen LogP contribution in [0.1, 0.15) is 40.2 Å². The van der Waals surface area contributed by atoms with E-state index < -0.39 is 36.1 Å². The molecule has 3 aromatic carbocycles. The van der Waals surface area contributed by atoms with Gasteiger partial charge in [-0.1, -0.05) is 60.7 Å². The number of amides is 1. The first-order valence-corrected chi connectivity index (χ1v) is 11.9. The molecule has 0 fully saturated rings. The van der Waals surface area contributed by atoms with Crippen LogP contribution in [-0.4, -0.2) is 32.1 Å². The summed E-state index contributed by atoms with van der Waals surface area (Å²) in [6, 6.07) is 19.9. The van der Waals surface area contributed by atoms with Gasteiger partial charge >= 0.3 is 12.4 Å². The van der Waals surface area contributed by atoms with Crippen molar-refractivity contribution in [1.29, 1.82) is 0 Å². The molecule has 0 radical (unpaired) electrons. The molecule has 0 saturated heterocycles. The van der Waals surface area contributed by atoms with Crippen LogP contribution in [0, 0.1) is 0 Å². The zero-order chi connectivity index (χ0) is 27.8. The molecule has 3 aromatic rings. The minimum absolute atomic E-state index is 0.0419. The third-order valence-corrected chi connectivity index (χ3v) is 5.97. The SMILES string of the molecule is CNC(=O)CCNC(COCc1cc(C(F)(F)F)cc(C(F)(F)F)c1)C(c1ccccc1)c1ccccc1. The van der Waals surface area contributed by atoms with Crippen LogP contribution in [0.2, 0.25) is 0 Å². The lowest BCUT2D eigenvalue weighted by Crippen LogP contribution is -2.41. The first kappa shape index (κ1) is 29.2. The maximum Gasteiger partial charge on any atom is 0.416 e. The summed E-state index contributed by atoms with van der Waals surface area (Å²) >= 11 is 0. The fraction of sp³-hybridized carbons (Fsp3) is 0.321. The molecule has 10 heteroatoms. The number of ether oxygens (including phenoxy) is 1. The summed E-state index contributed by atoms with van der Waals surface area (Å²) in [5.41, 5.74) is -1.17. The number of carbonyl (C=O) groups excluding carboxylic acids is 1. The van der Waals surface area contributed by atoms with E-state index in [4.69, 9.17) is 4.74 Å². The molecule has 1 unspecified atom stereocenters. The summed E-state index contributed by atoms with van der Waals surface area (Å²) in [4.78, 5) is 11.8. The standard InChI is InChI=1S/C28H28F6N2O2/c1-35-25(37)12-13-36-24(26(20-8-4-2-5-9-20)21-10-6-3-7-11-21)18-38-17-19-14-22(27(29,30)31)16-23(15-19)28(32,33)34/h2-11,14-16,24,26,36H,12-13,17-18H2,1H3,(H,35,37). The van der Waals surface area contributed by atoms with Gasteiger partial charge in [-0.2, -0.15) is 26.3 Å². The number of hydrogen-bond donors (Lipinski definition) is 2. The van der Waals surface area contributed by atoms with Crippen LogP contribution >= 0.6 is 0 Å². The van der Waals surface area contributed by atoms with Crippen molar-refractivity contribution in [3.8, 4) is 0 Å². The van der Waals surface area contributed by atoms with E-state index in [2.05, 4.69) is 10.6 Å². The van der Waals surface area contributed by atoms with Gasteiger partial charge < -0.3 is 15.4 Å². The highest BCUT2D eigenvalue weighted by Gasteiger charge is 2.37. The zero-order valence-corrected chi connectivity index (χ0v) is 20.6. The quantitative estimate of drug-likeness (QED) is 0.287. The van der Waals surface area contributed by atoms with Crippen molar-refractivity contribution >= 4 is 5.91 Å². The molecule has 3 rings (SSSR count). The van der Waals surface area contributed by atoms with Crippen LogP contribution in [0.3, 0.4) is 0 Å². The second-order valence-electron chi connectivity index (χ2n) is 8.71. The Morgan fingerprint density at radius 1 is 0.816 bits per heavy atom. The molecule has 0 aliphatic heterocycles. The first-order valence-electron chi connectivity index (χ1n) is 11.9. The fourth-order valence-corrected chi connectivity index (χ4v) is 4.15. The number of halogens is 6. The van der Waals surface area contributed by atoms with Crippen molar-refractivity contribution < 1.29 is 35.9 Å². The van der Waals surface area contributed by atoms with Crippen molar-refractivity contribution in [2.75, 3.05) is 20.2 Å². The number of benzene rings is 3. The lowest BCUT2D eigenvalue weighted by atomic mass is 9.85. The average molecular weight is 539 g/mol. The summed E-state index contributed by atoms with van der Waals surface area (Å²) in [5.74, 6) is -0.453. The molecule has 0 bridgehead atoms. The van der Waals surface area contributed by atoms with Gasteiger partial charge in [0, 0.05) is 32.0 Å². The van der Waals surface area contributed by atoms with Gasteiger partial charge in [-0.25, -0.2) is 0 Å². The Balaban J connectivity index is 1.87. The number of alkyl halides is 6. The van der Waals surface area contributed by atoms with E-state index in [-0.39, 0.29) is 43.0 Å². The highest BCUT2D eigenvalue weighted by atomic mass is 19.4. The molecule has 204 valence electrons. The normalized spacial score (nSPS) is 12.9. The summed E-state index contributed by atoms with van der Waals surface area (Å²) in [6.45, 7) is -0.220. The van der Waals surface area contributed by atoms with E-state index in [9.17, 15) is 31.1 Å². The van der Waals surface area contributed by atoms with Crippen LogP contribution in [-0.2, 0) is 28.5 Å². The monoisotopic (exact) mass is 538 g/mol. The Bertz CT molecular complexity index is 1100. The van der Waals surface area contributed by atoms with E-state index in [1.165, 1.54) is 7.05 Å². The highest BCUT2D eigenvalue weighted by Crippen LogP contribution is 2.36. The molecule has 0 saturated carbocycles. The molecule has 1 atom stereocenters. The van der Waals surface area contributed by atoms with E-state index in [1.54, 1.807) is 0 Å². The molecule has 0 aliphatic rings. The van der Waals surface area contributed by atoms with Gasteiger partial charge in [-0.05, 0) is 34.9 Å². The van der Waals surface area contributed by atoms with E-state index in [1.807, 2.05) is 60.7 Å². The van der Waals surface area contributed by atoms with Crippen molar-refractivity contribution in [1.82, 2.24) is 10.6 Å². The number of nitrogens with one attached hydrogen (secondary N) is 2. The molecular weight excluding hydrogens is 510 g/mol. The minimum Gasteiger partial charge on any atom is -0.375 e. The highest BCUT2D eigenvalue weighted by molar-refractivity contribution is 5.75. The smallest absolute Gasteiger partial charge is 0.375 e. The largest absolute Gasteiger partial charge is 0.416 e. The molecule has 4 nitrogen and oxygen atoms in total. The molecule has 1 amide bonds. The van der Waals surface area contributed by atoms with Crippen LogP contribution in [0.25, 0.3) is 0 Å². The van der Waals surface area contributed by atoms with Crippen molar-refractivity contribution in [2.45, 2.75) is 37.3 Å². The third kappa shape index (κ3) is 8.32. The molecule has 0 heterocycles. The van der Waals surface area contributed by atoms with Gasteiger partial charge in [0.15, 0.2) is 0 Å². The second-order valence-corrected chi connectivity index (χ2v) is 8.71. The first-order chi connectivity index (χ1) is 18.0. The van der Waals surface area contributed by atoms with Crippen molar-refractivity contribution in [3.63, 3.8) is 0 Å². The predicted octanol–water partition coefficient (Wildman–Crippen LogP) is 6.17. The van der Waals surface area contributed by atoms with E-state index in [0.29, 0.717) is 12.1 Å². The Kier molecular flexibility index (Phi) is 9.93. The maximum absolute atomic E-state index is 13.3. The molecule has 0 spiro atoms. The zero-order valence-electron chi connectivity index (χ0n) is 20.6. The molecule has 38 heavy (non-hydrogen) atoms. The van der Waals surface area contributed by atoms with E-state index in [0.717, 1.165) is 11.1 Å². The Hall–Kier alpha value is -3.37. The van der Waals surface area contributed by atoms with Gasteiger partial charge in [0.2, 0.25) is 5.91 Å². The summed E-state index contributed by atoms with van der Waals surface area (Å²) < 4.78 is 85.2. The molecule has 0 aromatic heterocycles. The topological polar surface area (TPSA) is 50.4 Å². The van der Waals surface area contributed by atoms with Gasteiger partial charge in [0.1, 0.15) is 0 Å². The second kappa shape index (κ2) is 12.9. The van der Waals surface area contributed by atoms with Gasteiger partial charge in [-0.3, -0.25) is 4.79 Å². The Labute approximate surface area is 217 Å². The summed E-state index contributed by atoms with van der Waals surface area (Å²) in [7, 11) is 1.52. The van der Waals surface area contributed by atoms with E-state index >= 15 is 0 Å². The number of carbonyl (C=O) groups is 1. The number of hydrogen-bond acceptors (Lipinski definition) is 3. The van der Waals surface area contributed by atoms with Gasteiger partial charge in [0.25, 0.3) is 0 Å². The van der Waals surface area contributed by atoms with Gasteiger partial charge in [-0.15, -0.1) is 0 Å². The summed E-state index contributed by atoms with van der Waals surface area (Å²) in [5, 5.41) is 5.83. The third-order valence-electron chi connectivity index (χ3n) is 5.97. The Morgan fingerprint density at radius 3 is 1.76 bits per heavy atom. The maximum atomic E-state index is 13.3. The fourth-order valence-electron chi connectivity index (χ4n) is 4.15. The lowest BCUT2D eigenvalue weighted by Gasteiger charge is -2.29. The minimum atomic E-state index is -4.94. The van der Waals surface area contributed by atoms with Crippen LogP contribution in [0.15, 0.2) is 78.9 Å². The van der Waals surface area contributed by atoms with Crippen molar-refractivity contribution in [2.24, 2.45) is 0 Å². The molecule has 0 aliphatic carbocycles. The van der Waals surface area contributed by atoms with Crippen LogP contribution in [0.5, 0.6) is 0 Å². The predicted molar refractivity (Wildman–Crippen MR) is 131 cm³/mol. The van der Waals surface area contributed by atoms with Gasteiger partial charge in [0.05, 0.1) is 24.3 Å². The molecule has 2 N–H and O–H groups in total. The molecular formula is C28H28F6N2O2. The van der Waals surface area contributed by atoms with Crippen molar-refractivity contribution in [3.05, 3.63) is 107 Å². The van der Waals surface area contributed by atoms with Crippen LogP contribution < -0.4 is 10.6 Å². The lowest BCUT2D eigenvalue weighted by molar-refractivity contribution is -0.143. The van der Waals surface area contributed by atoms with Crippen LogP contribution in [0.4, 0.5) is 26.3 Å². The summed E-state index contributed by atoms with van der Waals surface area (Å²) in [6.07, 6.45) is -9.71.